The quantitative estimate of drug-likeness (QED) is 0.655. The van der Waals surface area contributed by atoms with E-state index in [4.69, 9.17) is 9.47 Å². The lowest BCUT2D eigenvalue weighted by Crippen LogP contribution is -2.24. The molecule has 0 atom stereocenters. The summed E-state index contributed by atoms with van der Waals surface area (Å²) >= 11 is 0. The van der Waals surface area contributed by atoms with Crippen LogP contribution in [0.15, 0.2) is 36.4 Å². The normalized spacial score (nSPS) is 13.4. The Balaban J connectivity index is 1.77. The maximum atomic E-state index is 12.5. The van der Waals surface area contributed by atoms with Crippen LogP contribution < -0.4 is 10.1 Å². The number of nitrogens with zero attached hydrogens (tertiary/aromatic N) is 1. The van der Waals surface area contributed by atoms with Gasteiger partial charge < -0.3 is 14.8 Å². The fourth-order valence-corrected chi connectivity index (χ4v) is 2.92. The fourth-order valence-electron chi connectivity index (χ4n) is 2.92. The molecule has 27 heavy (non-hydrogen) atoms. The maximum Gasteiger partial charge on any atom is 0.270 e. The highest BCUT2D eigenvalue weighted by Gasteiger charge is 2.21. The van der Waals surface area contributed by atoms with E-state index in [0.717, 1.165) is 5.56 Å². The van der Waals surface area contributed by atoms with Gasteiger partial charge in [0.25, 0.3) is 11.6 Å². The summed E-state index contributed by atoms with van der Waals surface area (Å²) in [4.78, 5) is 23.1. The fraction of sp³-hybridized carbons (Fsp3) is 0.350. The number of hydrogen-bond acceptors (Lipinski definition) is 5. The second-order valence-corrected chi connectivity index (χ2v) is 7.47. The number of nitro benzene ring substituents is 1. The molecule has 0 aromatic heterocycles. The van der Waals surface area contributed by atoms with Gasteiger partial charge in [-0.25, -0.2) is 0 Å². The highest BCUT2D eigenvalue weighted by atomic mass is 16.7. The zero-order valence-corrected chi connectivity index (χ0v) is 15.6. The number of carbonyl (C=O) groups is 1. The Bertz CT molecular complexity index is 869. The average Bonchev–Trinajstić information content (AvgIpc) is 2.65. The van der Waals surface area contributed by atoms with Crippen molar-refractivity contribution in [1.29, 1.82) is 0 Å². The second kappa shape index (κ2) is 7.36. The number of ether oxygens (including phenoxy) is 2. The number of benzene rings is 2. The van der Waals surface area contributed by atoms with Gasteiger partial charge >= 0.3 is 0 Å². The van der Waals surface area contributed by atoms with E-state index in [1.165, 1.54) is 12.1 Å². The molecule has 0 bridgehead atoms. The van der Waals surface area contributed by atoms with Crippen LogP contribution in [0.1, 0.15) is 47.8 Å². The first-order valence-electron chi connectivity index (χ1n) is 8.65. The van der Waals surface area contributed by atoms with Gasteiger partial charge in [-0.2, -0.15) is 0 Å². The van der Waals surface area contributed by atoms with Crippen molar-refractivity contribution < 1.29 is 19.2 Å². The SMILES string of the molecule is CC(C)(C)c1ccc(C(=O)NCc2cc([N+](=O)[O-])cc3c2OCOC3)cc1. The van der Waals surface area contributed by atoms with Crippen molar-refractivity contribution in [2.24, 2.45) is 0 Å². The first kappa shape index (κ1) is 18.8. The van der Waals surface area contributed by atoms with E-state index in [1.54, 1.807) is 12.1 Å². The number of nitrogens with one attached hydrogen (secondary N) is 1. The van der Waals surface area contributed by atoms with Gasteiger partial charge in [0.15, 0.2) is 6.79 Å². The van der Waals surface area contributed by atoms with Crippen molar-refractivity contribution >= 4 is 11.6 Å². The number of nitro groups is 1. The predicted molar refractivity (Wildman–Crippen MR) is 99.7 cm³/mol. The number of rotatable bonds is 4. The van der Waals surface area contributed by atoms with E-state index < -0.39 is 4.92 Å². The smallest absolute Gasteiger partial charge is 0.270 e. The van der Waals surface area contributed by atoms with Gasteiger partial charge in [0.2, 0.25) is 0 Å². The third-order valence-corrected chi connectivity index (χ3v) is 4.44. The van der Waals surface area contributed by atoms with E-state index in [1.807, 2.05) is 12.1 Å². The molecule has 0 radical (unpaired) electrons. The number of hydrogen-bond donors (Lipinski definition) is 1. The monoisotopic (exact) mass is 370 g/mol. The van der Waals surface area contributed by atoms with Gasteiger partial charge in [0.1, 0.15) is 5.75 Å². The molecular formula is C20H22N2O5. The summed E-state index contributed by atoms with van der Waals surface area (Å²) in [6.45, 7) is 6.78. The summed E-state index contributed by atoms with van der Waals surface area (Å²) in [5, 5.41) is 14.0. The van der Waals surface area contributed by atoms with Crippen LogP contribution in [0.25, 0.3) is 0 Å². The first-order chi connectivity index (χ1) is 12.8. The van der Waals surface area contributed by atoms with E-state index in [2.05, 4.69) is 26.1 Å². The molecule has 0 saturated heterocycles. The minimum absolute atomic E-state index is 0.0104. The Morgan fingerprint density at radius 3 is 2.56 bits per heavy atom. The molecule has 2 aromatic rings. The predicted octanol–water partition coefficient (Wildman–Crippen LogP) is 3.69. The molecule has 7 nitrogen and oxygen atoms in total. The van der Waals surface area contributed by atoms with Gasteiger partial charge in [0, 0.05) is 35.4 Å². The molecule has 0 unspecified atom stereocenters. The van der Waals surface area contributed by atoms with Crippen LogP contribution in [0, 0.1) is 10.1 Å². The van der Waals surface area contributed by atoms with E-state index >= 15 is 0 Å². The van der Waals surface area contributed by atoms with Gasteiger partial charge in [0.05, 0.1) is 11.5 Å². The summed E-state index contributed by atoms with van der Waals surface area (Å²) in [5.74, 6) is 0.290. The van der Waals surface area contributed by atoms with Crippen molar-refractivity contribution in [3.05, 3.63) is 68.8 Å². The van der Waals surface area contributed by atoms with Crippen LogP contribution in [0.5, 0.6) is 5.75 Å². The van der Waals surface area contributed by atoms with Crippen LogP contribution >= 0.6 is 0 Å². The van der Waals surface area contributed by atoms with Gasteiger partial charge in [-0.3, -0.25) is 14.9 Å². The highest BCUT2D eigenvalue weighted by Crippen LogP contribution is 2.32. The molecule has 0 spiro atoms. The summed E-state index contributed by atoms with van der Waals surface area (Å²) in [7, 11) is 0. The lowest BCUT2D eigenvalue weighted by molar-refractivity contribution is -0.385. The van der Waals surface area contributed by atoms with E-state index in [-0.39, 0.29) is 37.0 Å². The van der Waals surface area contributed by atoms with E-state index in [0.29, 0.717) is 22.4 Å². The number of fused-ring (bicyclic) bond motifs is 1. The van der Waals surface area contributed by atoms with Crippen LogP contribution in [0.4, 0.5) is 5.69 Å². The second-order valence-electron chi connectivity index (χ2n) is 7.47. The lowest BCUT2D eigenvalue weighted by Gasteiger charge is -2.21. The largest absolute Gasteiger partial charge is 0.467 e. The molecule has 0 aliphatic carbocycles. The Kier molecular flexibility index (Phi) is 5.14. The van der Waals surface area contributed by atoms with Crippen molar-refractivity contribution in [2.45, 2.75) is 39.3 Å². The Hall–Kier alpha value is -2.93. The van der Waals surface area contributed by atoms with Crippen LogP contribution in [-0.4, -0.2) is 17.6 Å². The third kappa shape index (κ3) is 4.25. The first-order valence-corrected chi connectivity index (χ1v) is 8.65. The van der Waals surface area contributed by atoms with Crippen molar-refractivity contribution in [3.63, 3.8) is 0 Å². The average molecular weight is 370 g/mol. The van der Waals surface area contributed by atoms with Gasteiger partial charge in [-0.1, -0.05) is 32.9 Å². The molecule has 7 heteroatoms. The molecule has 1 amide bonds. The zero-order valence-electron chi connectivity index (χ0n) is 15.6. The molecule has 3 rings (SSSR count). The summed E-state index contributed by atoms with van der Waals surface area (Å²) in [6, 6.07) is 10.3. The van der Waals surface area contributed by atoms with E-state index in [9.17, 15) is 14.9 Å². The zero-order chi connectivity index (χ0) is 19.6. The molecule has 1 N–H and O–H groups in total. The summed E-state index contributed by atoms with van der Waals surface area (Å²) in [6.07, 6.45) is 0. The summed E-state index contributed by atoms with van der Waals surface area (Å²) in [5.41, 5.74) is 2.79. The Morgan fingerprint density at radius 2 is 1.93 bits per heavy atom. The lowest BCUT2D eigenvalue weighted by atomic mass is 9.87. The van der Waals surface area contributed by atoms with Crippen LogP contribution in [-0.2, 0) is 23.3 Å². The third-order valence-electron chi connectivity index (χ3n) is 4.44. The topological polar surface area (TPSA) is 90.7 Å². The van der Waals surface area contributed by atoms with Crippen molar-refractivity contribution in [3.8, 4) is 5.75 Å². The van der Waals surface area contributed by atoms with Crippen molar-refractivity contribution in [2.75, 3.05) is 6.79 Å². The summed E-state index contributed by atoms with van der Waals surface area (Å²) < 4.78 is 10.7. The molecule has 1 aliphatic rings. The van der Waals surface area contributed by atoms with Crippen molar-refractivity contribution in [1.82, 2.24) is 5.32 Å². The Morgan fingerprint density at radius 1 is 1.22 bits per heavy atom. The molecular weight excluding hydrogens is 348 g/mol. The molecule has 1 heterocycles. The molecule has 1 aliphatic heterocycles. The standard InChI is InChI=1S/C20H22N2O5/c1-20(2,3)16-6-4-13(5-7-16)19(23)21-10-14-8-17(22(24)25)9-15-11-26-12-27-18(14)15/h4-9H,10-12H2,1-3H3,(H,21,23). The molecule has 0 fully saturated rings. The van der Waals surface area contributed by atoms with Gasteiger partial charge in [-0.15, -0.1) is 0 Å². The van der Waals surface area contributed by atoms with Gasteiger partial charge in [-0.05, 0) is 23.1 Å². The molecule has 2 aromatic carbocycles. The molecule has 0 saturated carbocycles. The minimum Gasteiger partial charge on any atom is -0.467 e. The number of amides is 1. The molecule has 142 valence electrons. The van der Waals surface area contributed by atoms with Crippen LogP contribution in [0.2, 0.25) is 0 Å². The Labute approximate surface area is 157 Å². The number of non-ortho nitro benzene ring substituents is 1. The highest BCUT2D eigenvalue weighted by molar-refractivity contribution is 5.94. The number of carbonyl (C=O) groups excluding carboxylic acids is 1. The minimum atomic E-state index is -0.467. The van der Waals surface area contributed by atoms with Crippen LogP contribution in [0.3, 0.4) is 0 Å². The maximum absolute atomic E-state index is 12.5.